The van der Waals surface area contributed by atoms with Gasteiger partial charge in [-0.15, -0.1) is 0 Å². The average Bonchev–Trinajstić information content (AvgIpc) is 2.60. The smallest absolute Gasteiger partial charge is 0.108 e. The Morgan fingerprint density at radius 2 is 2.06 bits per heavy atom. The van der Waals surface area contributed by atoms with Crippen molar-refractivity contribution in [2.75, 3.05) is 0 Å². The molecule has 1 fully saturated rings. The predicted octanol–water partition coefficient (Wildman–Crippen LogP) is 4.76. The first-order chi connectivity index (χ1) is 8.27. The summed E-state index contributed by atoms with van der Waals surface area (Å²) in [6.07, 6.45) is 3.82. The zero-order valence-corrected chi connectivity index (χ0v) is 11.6. The molecule has 0 saturated heterocycles. The van der Waals surface area contributed by atoms with Crippen LogP contribution in [0.25, 0.3) is 11.3 Å². The Bertz CT molecular complexity index is 546. The molecule has 0 radical (unpaired) electrons. The maximum absolute atomic E-state index is 6.19. The highest BCUT2D eigenvalue weighted by Crippen LogP contribution is 2.42. The maximum Gasteiger partial charge on any atom is 0.108 e. The summed E-state index contributed by atoms with van der Waals surface area (Å²) in [6.45, 7) is 0. The molecule has 1 aliphatic rings. The van der Waals surface area contributed by atoms with E-state index in [9.17, 15) is 0 Å². The van der Waals surface area contributed by atoms with Crippen molar-refractivity contribution in [1.29, 1.82) is 0 Å². The molecule has 4 heteroatoms. The van der Waals surface area contributed by atoms with Crippen LogP contribution in [0, 0.1) is 0 Å². The Balaban J connectivity index is 2.04. The Hall–Kier alpha value is -0.800. The van der Waals surface area contributed by atoms with E-state index in [0.717, 1.165) is 20.8 Å². The number of nitrogens with one attached hydrogen (secondary N) is 1. The summed E-state index contributed by atoms with van der Waals surface area (Å²) < 4.78 is 1.07. The predicted molar refractivity (Wildman–Crippen MR) is 73.3 cm³/mol. The van der Waals surface area contributed by atoms with Crippen LogP contribution in [0.1, 0.15) is 30.9 Å². The van der Waals surface area contributed by atoms with Crippen molar-refractivity contribution in [3.8, 4) is 11.3 Å². The summed E-state index contributed by atoms with van der Waals surface area (Å²) >= 11 is 9.84. The van der Waals surface area contributed by atoms with E-state index in [1.807, 2.05) is 24.3 Å². The maximum atomic E-state index is 6.19. The van der Waals surface area contributed by atoms with Gasteiger partial charge in [0.2, 0.25) is 0 Å². The molecule has 88 valence electrons. The van der Waals surface area contributed by atoms with Gasteiger partial charge in [-0.3, -0.25) is 5.10 Å². The first kappa shape index (κ1) is 11.3. The molecule has 0 unspecified atom stereocenters. The number of hydrogen-bond acceptors (Lipinski definition) is 1. The van der Waals surface area contributed by atoms with Crippen LogP contribution in [0.2, 0.25) is 5.02 Å². The van der Waals surface area contributed by atoms with E-state index >= 15 is 0 Å². The molecule has 0 aliphatic heterocycles. The summed E-state index contributed by atoms with van der Waals surface area (Å²) in [4.78, 5) is 0. The van der Waals surface area contributed by atoms with Crippen LogP contribution in [0.5, 0.6) is 0 Å². The first-order valence-corrected chi connectivity index (χ1v) is 6.93. The quantitative estimate of drug-likeness (QED) is 0.851. The van der Waals surface area contributed by atoms with Crippen LogP contribution < -0.4 is 0 Å². The fraction of sp³-hybridized carbons (Fsp3) is 0.308. The Morgan fingerprint density at radius 3 is 2.71 bits per heavy atom. The van der Waals surface area contributed by atoms with Crippen LogP contribution >= 0.6 is 27.5 Å². The lowest BCUT2D eigenvalue weighted by Gasteiger charge is -2.24. The van der Waals surface area contributed by atoms with Crippen molar-refractivity contribution in [2.45, 2.75) is 25.2 Å². The van der Waals surface area contributed by atoms with Gasteiger partial charge in [-0.1, -0.05) is 36.2 Å². The third kappa shape index (κ3) is 1.91. The van der Waals surface area contributed by atoms with Crippen molar-refractivity contribution < 1.29 is 0 Å². The summed E-state index contributed by atoms with van der Waals surface area (Å²) in [5.74, 6) is 0.633. The number of rotatable bonds is 2. The average molecular weight is 312 g/mol. The molecule has 17 heavy (non-hydrogen) atoms. The molecule has 1 aliphatic carbocycles. The lowest BCUT2D eigenvalue weighted by Crippen LogP contribution is -2.09. The van der Waals surface area contributed by atoms with Crippen molar-refractivity contribution >= 4 is 27.5 Å². The Kier molecular flexibility index (Phi) is 2.97. The lowest BCUT2D eigenvalue weighted by molar-refractivity contribution is 0.409. The van der Waals surface area contributed by atoms with Gasteiger partial charge in [0.15, 0.2) is 0 Å². The molecule has 2 aromatic rings. The van der Waals surface area contributed by atoms with Gasteiger partial charge in [0.25, 0.3) is 0 Å². The lowest BCUT2D eigenvalue weighted by atomic mass is 9.83. The second-order valence-electron chi connectivity index (χ2n) is 4.41. The summed E-state index contributed by atoms with van der Waals surface area (Å²) in [6, 6.07) is 7.79. The van der Waals surface area contributed by atoms with Gasteiger partial charge in [0.05, 0.1) is 15.2 Å². The first-order valence-electron chi connectivity index (χ1n) is 5.76. The second kappa shape index (κ2) is 4.46. The minimum Gasteiger partial charge on any atom is -0.280 e. The van der Waals surface area contributed by atoms with Gasteiger partial charge in [0, 0.05) is 11.5 Å². The van der Waals surface area contributed by atoms with Crippen LogP contribution in [0.4, 0.5) is 0 Å². The van der Waals surface area contributed by atoms with E-state index in [0.29, 0.717) is 5.92 Å². The van der Waals surface area contributed by atoms with Crippen molar-refractivity contribution in [3.05, 3.63) is 39.5 Å². The topological polar surface area (TPSA) is 28.7 Å². The van der Waals surface area contributed by atoms with Gasteiger partial charge < -0.3 is 0 Å². The molecular weight excluding hydrogens is 300 g/mol. The molecule has 1 heterocycles. The van der Waals surface area contributed by atoms with Gasteiger partial charge in [-0.2, -0.15) is 5.10 Å². The second-order valence-corrected chi connectivity index (χ2v) is 5.61. The van der Waals surface area contributed by atoms with Crippen molar-refractivity contribution in [3.63, 3.8) is 0 Å². The molecule has 2 nitrogen and oxygen atoms in total. The van der Waals surface area contributed by atoms with E-state index in [-0.39, 0.29) is 0 Å². The van der Waals surface area contributed by atoms with E-state index in [4.69, 9.17) is 11.6 Å². The SMILES string of the molecule is Clc1ccccc1-c1n[nH]c(C2CCC2)c1Br. The largest absolute Gasteiger partial charge is 0.280 e. The fourth-order valence-corrected chi connectivity index (χ4v) is 3.08. The molecule has 1 saturated carbocycles. The zero-order valence-electron chi connectivity index (χ0n) is 9.21. The van der Waals surface area contributed by atoms with Gasteiger partial charge in [-0.05, 0) is 34.8 Å². The van der Waals surface area contributed by atoms with E-state index < -0.39 is 0 Å². The fourth-order valence-electron chi connectivity index (χ4n) is 2.14. The normalized spacial score (nSPS) is 15.9. The van der Waals surface area contributed by atoms with Crippen molar-refractivity contribution in [2.24, 2.45) is 0 Å². The standard InChI is InChI=1S/C13H12BrClN2/c14-11-12(8-4-3-5-8)16-17-13(11)9-6-1-2-7-10(9)15/h1-2,6-8H,3-5H2,(H,16,17). The molecule has 1 aromatic carbocycles. The highest BCUT2D eigenvalue weighted by molar-refractivity contribution is 9.10. The minimum atomic E-state index is 0.633. The van der Waals surface area contributed by atoms with Gasteiger partial charge in [0.1, 0.15) is 5.69 Å². The van der Waals surface area contributed by atoms with Gasteiger partial charge >= 0.3 is 0 Å². The number of aromatic amines is 1. The zero-order chi connectivity index (χ0) is 11.8. The summed E-state index contributed by atoms with van der Waals surface area (Å²) in [5, 5.41) is 8.28. The molecular formula is C13H12BrClN2. The number of benzene rings is 1. The number of aromatic nitrogens is 2. The molecule has 0 amide bonds. The van der Waals surface area contributed by atoms with E-state index in [1.165, 1.54) is 25.0 Å². The monoisotopic (exact) mass is 310 g/mol. The van der Waals surface area contributed by atoms with Crippen LogP contribution in [0.15, 0.2) is 28.7 Å². The number of nitrogens with zero attached hydrogens (tertiary/aromatic N) is 1. The number of hydrogen-bond donors (Lipinski definition) is 1. The summed E-state index contributed by atoms with van der Waals surface area (Å²) in [7, 11) is 0. The third-order valence-electron chi connectivity index (χ3n) is 3.37. The highest BCUT2D eigenvalue weighted by atomic mass is 79.9. The molecule has 0 spiro atoms. The summed E-state index contributed by atoms with van der Waals surface area (Å²) in [5.41, 5.74) is 3.10. The van der Waals surface area contributed by atoms with Crippen LogP contribution in [0.3, 0.4) is 0 Å². The molecule has 1 N–H and O–H groups in total. The van der Waals surface area contributed by atoms with Crippen LogP contribution in [-0.2, 0) is 0 Å². The van der Waals surface area contributed by atoms with Crippen molar-refractivity contribution in [1.82, 2.24) is 10.2 Å². The van der Waals surface area contributed by atoms with Gasteiger partial charge in [-0.25, -0.2) is 0 Å². The highest BCUT2D eigenvalue weighted by Gasteiger charge is 2.25. The molecule has 0 atom stereocenters. The molecule has 3 rings (SSSR count). The Labute approximate surface area is 114 Å². The number of H-pyrrole nitrogens is 1. The minimum absolute atomic E-state index is 0.633. The number of halogens is 2. The van der Waals surface area contributed by atoms with Crippen LogP contribution in [-0.4, -0.2) is 10.2 Å². The third-order valence-corrected chi connectivity index (χ3v) is 4.51. The Morgan fingerprint density at radius 1 is 1.29 bits per heavy atom. The molecule has 0 bridgehead atoms. The van der Waals surface area contributed by atoms with E-state index in [1.54, 1.807) is 0 Å². The van der Waals surface area contributed by atoms with E-state index in [2.05, 4.69) is 26.1 Å². The molecule has 1 aromatic heterocycles.